The Morgan fingerprint density at radius 1 is 1.06 bits per heavy atom. The highest BCUT2D eigenvalue weighted by Crippen LogP contribution is 2.20. The van der Waals surface area contributed by atoms with Crippen molar-refractivity contribution in [2.24, 2.45) is 0 Å². The molecule has 0 aromatic heterocycles. The summed E-state index contributed by atoms with van der Waals surface area (Å²) in [6, 6.07) is 20.4. The lowest BCUT2D eigenvalue weighted by molar-refractivity contribution is -0.384. The standard InChI is InChI=1S/C23H14IN3O5/c24-20-6-1-2-7-21(20)26-22(28)17(14-25)12-15-8-10-19(11-9-15)32-23(29)16-4-3-5-18(13-16)27(30)31/h1-13H,(H,26,28)/b17-12-. The van der Waals surface area contributed by atoms with Gasteiger partial charge in [0.25, 0.3) is 11.6 Å². The monoisotopic (exact) mass is 539 g/mol. The second-order valence-electron chi connectivity index (χ2n) is 6.37. The highest BCUT2D eigenvalue weighted by Gasteiger charge is 2.14. The van der Waals surface area contributed by atoms with E-state index in [4.69, 9.17) is 4.74 Å². The maximum Gasteiger partial charge on any atom is 0.343 e. The predicted octanol–water partition coefficient (Wildman–Crippen LogP) is 4.96. The van der Waals surface area contributed by atoms with Crippen molar-refractivity contribution in [3.8, 4) is 11.8 Å². The van der Waals surface area contributed by atoms with Crippen molar-refractivity contribution in [1.29, 1.82) is 5.26 Å². The summed E-state index contributed by atoms with van der Waals surface area (Å²) in [7, 11) is 0. The molecule has 0 heterocycles. The smallest absolute Gasteiger partial charge is 0.343 e. The van der Waals surface area contributed by atoms with Gasteiger partial charge in [0, 0.05) is 15.7 Å². The van der Waals surface area contributed by atoms with Crippen LogP contribution in [-0.2, 0) is 4.79 Å². The normalized spacial score (nSPS) is 10.7. The number of halogens is 1. The molecule has 0 atom stereocenters. The van der Waals surface area contributed by atoms with Crippen LogP contribution in [0.25, 0.3) is 6.08 Å². The van der Waals surface area contributed by atoms with Gasteiger partial charge in [0.2, 0.25) is 0 Å². The van der Waals surface area contributed by atoms with Crippen molar-refractivity contribution in [2.45, 2.75) is 0 Å². The van der Waals surface area contributed by atoms with Gasteiger partial charge in [0.1, 0.15) is 17.4 Å². The lowest BCUT2D eigenvalue weighted by atomic mass is 10.1. The van der Waals surface area contributed by atoms with Crippen LogP contribution in [-0.4, -0.2) is 16.8 Å². The highest BCUT2D eigenvalue weighted by molar-refractivity contribution is 14.1. The fraction of sp³-hybridized carbons (Fsp3) is 0. The van der Waals surface area contributed by atoms with Crippen LogP contribution in [0.3, 0.4) is 0 Å². The zero-order valence-electron chi connectivity index (χ0n) is 16.3. The third kappa shape index (κ3) is 5.77. The number of nitrogens with one attached hydrogen (secondary N) is 1. The Hall–Kier alpha value is -4.04. The van der Waals surface area contributed by atoms with Gasteiger partial charge in [-0.2, -0.15) is 5.26 Å². The number of hydrogen-bond acceptors (Lipinski definition) is 6. The van der Waals surface area contributed by atoms with Crippen LogP contribution in [0, 0.1) is 25.0 Å². The van der Waals surface area contributed by atoms with E-state index in [1.54, 1.807) is 24.3 Å². The van der Waals surface area contributed by atoms with Gasteiger partial charge in [0.15, 0.2) is 0 Å². The van der Waals surface area contributed by atoms with Crippen LogP contribution in [0.1, 0.15) is 15.9 Å². The van der Waals surface area contributed by atoms with Crippen LogP contribution in [0.5, 0.6) is 5.75 Å². The number of amides is 1. The van der Waals surface area contributed by atoms with Crippen LogP contribution in [0.4, 0.5) is 11.4 Å². The summed E-state index contributed by atoms with van der Waals surface area (Å²) in [5.74, 6) is -1.08. The Bertz CT molecular complexity index is 1260. The molecule has 0 aliphatic carbocycles. The molecule has 1 amide bonds. The molecule has 0 radical (unpaired) electrons. The number of carbonyl (C=O) groups is 2. The molecule has 9 heteroatoms. The topological polar surface area (TPSA) is 122 Å². The van der Waals surface area contributed by atoms with Crippen molar-refractivity contribution >= 4 is 51.9 Å². The predicted molar refractivity (Wildman–Crippen MR) is 126 cm³/mol. The Morgan fingerprint density at radius 3 is 2.44 bits per heavy atom. The molecular formula is C23H14IN3O5. The van der Waals surface area contributed by atoms with Crippen molar-refractivity contribution in [3.05, 3.63) is 103 Å². The van der Waals surface area contributed by atoms with E-state index in [1.807, 2.05) is 18.2 Å². The summed E-state index contributed by atoms with van der Waals surface area (Å²) in [6.45, 7) is 0. The molecule has 0 saturated heterocycles. The first kappa shape index (κ1) is 22.6. The maximum atomic E-state index is 12.4. The molecule has 3 aromatic rings. The summed E-state index contributed by atoms with van der Waals surface area (Å²) >= 11 is 2.08. The molecule has 1 N–H and O–H groups in total. The fourth-order valence-corrected chi connectivity index (χ4v) is 3.13. The first-order valence-electron chi connectivity index (χ1n) is 9.12. The largest absolute Gasteiger partial charge is 0.423 e. The molecule has 0 unspecified atom stereocenters. The number of nitro benzene ring substituents is 1. The summed E-state index contributed by atoms with van der Waals surface area (Å²) in [5.41, 5.74) is 0.887. The quantitative estimate of drug-likeness (QED) is 0.0899. The first-order chi connectivity index (χ1) is 15.4. The average Bonchev–Trinajstić information content (AvgIpc) is 2.80. The van der Waals surface area contributed by atoms with E-state index in [1.165, 1.54) is 36.4 Å². The summed E-state index contributed by atoms with van der Waals surface area (Å²) in [5, 5.41) is 22.9. The minimum atomic E-state index is -0.744. The number of carbonyl (C=O) groups excluding carboxylic acids is 2. The van der Waals surface area contributed by atoms with Crippen molar-refractivity contribution in [2.75, 3.05) is 5.32 Å². The van der Waals surface area contributed by atoms with Gasteiger partial charge < -0.3 is 10.1 Å². The molecule has 0 spiro atoms. The van der Waals surface area contributed by atoms with Crippen molar-refractivity contribution in [3.63, 3.8) is 0 Å². The number of hydrogen-bond donors (Lipinski definition) is 1. The van der Waals surface area contributed by atoms with Gasteiger partial charge in [-0.15, -0.1) is 0 Å². The Balaban J connectivity index is 1.71. The minimum absolute atomic E-state index is 0.0437. The van der Waals surface area contributed by atoms with E-state index in [9.17, 15) is 25.0 Å². The van der Waals surface area contributed by atoms with Crippen LogP contribution in [0.2, 0.25) is 0 Å². The van der Waals surface area contributed by atoms with Gasteiger partial charge in [0.05, 0.1) is 16.2 Å². The minimum Gasteiger partial charge on any atom is -0.423 e. The number of nitro groups is 1. The van der Waals surface area contributed by atoms with E-state index < -0.39 is 16.8 Å². The van der Waals surface area contributed by atoms with E-state index in [0.717, 1.165) is 9.64 Å². The third-order valence-electron chi connectivity index (χ3n) is 4.18. The Kier molecular flexibility index (Phi) is 7.30. The van der Waals surface area contributed by atoms with E-state index in [0.29, 0.717) is 11.3 Å². The number of ether oxygens (including phenoxy) is 1. The fourth-order valence-electron chi connectivity index (χ4n) is 2.61. The van der Waals surface area contributed by atoms with Crippen molar-refractivity contribution < 1.29 is 19.2 Å². The molecular weight excluding hydrogens is 525 g/mol. The lowest BCUT2D eigenvalue weighted by Crippen LogP contribution is -2.14. The SMILES string of the molecule is N#C/C(=C/c1ccc(OC(=O)c2cccc([N+](=O)[O-])c2)cc1)C(=O)Nc1ccccc1I. The Labute approximate surface area is 196 Å². The third-order valence-corrected chi connectivity index (χ3v) is 5.12. The number of esters is 1. The van der Waals surface area contributed by atoms with Gasteiger partial charge >= 0.3 is 5.97 Å². The zero-order valence-corrected chi connectivity index (χ0v) is 18.5. The van der Waals surface area contributed by atoms with Gasteiger partial charge in [-0.25, -0.2) is 4.79 Å². The average molecular weight is 539 g/mol. The Morgan fingerprint density at radius 2 is 1.78 bits per heavy atom. The molecule has 0 aliphatic rings. The van der Waals surface area contributed by atoms with Crippen molar-refractivity contribution in [1.82, 2.24) is 0 Å². The van der Waals surface area contributed by atoms with Crippen LogP contribution < -0.4 is 10.1 Å². The second-order valence-corrected chi connectivity index (χ2v) is 7.53. The molecule has 158 valence electrons. The number of nitriles is 1. The van der Waals surface area contributed by atoms with Gasteiger partial charge in [-0.1, -0.05) is 30.3 Å². The number of rotatable bonds is 6. The molecule has 3 rings (SSSR count). The maximum absolute atomic E-state index is 12.4. The summed E-state index contributed by atoms with van der Waals surface area (Å²) < 4.78 is 6.07. The zero-order chi connectivity index (χ0) is 23.1. The molecule has 0 saturated carbocycles. The number of nitrogens with zero attached hydrogens (tertiary/aromatic N) is 2. The van der Waals surface area contributed by atoms with E-state index in [-0.39, 0.29) is 22.6 Å². The summed E-state index contributed by atoms with van der Waals surface area (Å²) in [4.78, 5) is 34.9. The molecule has 0 fully saturated rings. The molecule has 0 aliphatic heterocycles. The van der Waals surface area contributed by atoms with Crippen LogP contribution in [0.15, 0.2) is 78.4 Å². The number of para-hydroxylation sites is 1. The van der Waals surface area contributed by atoms with Gasteiger partial charge in [-0.05, 0) is 64.6 Å². The molecule has 8 nitrogen and oxygen atoms in total. The number of benzene rings is 3. The van der Waals surface area contributed by atoms with E-state index >= 15 is 0 Å². The number of non-ortho nitro benzene ring substituents is 1. The lowest BCUT2D eigenvalue weighted by Gasteiger charge is -2.07. The van der Waals surface area contributed by atoms with E-state index in [2.05, 4.69) is 27.9 Å². The summed E-state index contributed by atoms with van der Waals surface area (Å²) in [6.07, 6.45) is 1.41. The number of anilines is 1. The molecule has 0 bridgehead atoms. The second kappa shape index (κ2) is 10.3. The highest BCUT2D eigenvalue weighted by atomic mass is 127. The molecule has 32 heavy (non-hydrogen) atoms. The molecule has 3 aromatic carbocycles. The van der Waals surface area contributed by atoms with Crippen LogP contribution >= 0.6 is 22.6 Å². The van der Waals surface area contributed by atoms with Gasteiger partial charge in [-0.3, -0.25) is 14.9 Å². The first-order valence-corrected chi connectivity index (χ1v) is 10.2.